The lowest BCUT2D eigenvalue weighted by atomic mass is 9.93. The number of nitrogens with one attached hydrogen (secondary N) is 1. The number of piperidine rings is 3. The first-order chi connectivity index (χ1) is 34.6. The quantitative estimate of drug-likeness (QED) is 0.0366. The summed E-state index contributed by atoms with van der Waals surface area (Å²) >= 11 is 0. The van der Waals surface area contributed by atoms with Crippen molar-refractivity contribution in [3.05, 3.63) is 93.5 Å². The zero-order chi connectivity index (χ0) is 51.4. The molecule has 4 aliphatic heterocycles. The van der Waals surface area contributed by atoms with Crippen LogP contribution in [-0.4, -0.2) is 174 Å². The van der Waals surface area contributed by atoms with Crippen LogP contribution in [0.15, 0.2) is 64.8 Å². The van der Waals surface area contributed by atoms with E-state index >= 15 is 8.78 Å². The van der Waals surface area contributed by atoms with Crippen LogP contribution < -0.4 is 15.1 Å². The van der Waals surface area contributed by atoms with Gasteiger partial charge >= 0.3 is 0 Å². The Morgan fingerprint density at radius 3 is 2.26 bits per heavy atom. The minimum Gasteiger partial charge on any atom is -0.377 e. The first kappa shape index (κ1) is 54.3. The highest BCUT2D eigenvalue weighted by Gasteiger charge is 2.33. The van der Waals surface area contributed by atoms with E-state index in [1.807, 2.05) is 60.1 Å². The highest BCUT2D eigenvalue weighted by molar-refractivity contribution is 6.00. The van der Waals surface area contributed by atoms with Crippen LogP contribution in [0.2, 0.25) is 0 Å². The molecule has 390 valence electrons. The van der Waals surface area contributed by atoms with Crippen molar-refractivity contribution in [3.63, 3.8) is 0 Å². The fourth-order valence-electron chi connectivity index (χ4n) is 10.9. The molecule has 2 amide bonds. The third-order valence-corrected chi connectivity index (χ3v) is 15.2. The predicted molar refractivity (Wildman–Crippen MR) is 281 cm³/mol. The van der Waals surface area contributed by atoms with E-state index < -0.39 is 12.0 Å². The van der Waals surface area contributed by atoms with E-state index in [0.717, 1.165) is 114 Å². The van der Waals surface area contributed by atoms with Gasteiger partial charge in [0.05, 0.1) is 18.8 Å². The number of aldehydes is 2. The van der Waals surface area contributed by atoms with Gasteiger partial charge in [-0.15, -0.1) is 5.10 Å². The number of likely N-dealkylation sites (tertiary alicyclic amines) is 2. The Kier molecular flexibility index (Phi) is 19.2. The topological polar surface area (TPSA) is 137 Å². The number of hydrogen-bond donors (Lipinski definition) is 1. The summed E-state index contributed by atoms with van der Waals surface area (Å²) in [5.74, 6) is -2.83. The molecule has 0 aliphatic carbocycles. The van der Waals surface area contributed by atoms with Crippen molar-refractivity contribution in [1.82, 2.24) is 29.8 Å². The summed E-state index contributed by atoms with van der Waals surface area (Å²) in [7, 11) is 5.65. The van der Waals surface area contributed by atoms with E-state index in [9.17, 15) is 19.2 Å². The number of alkyl halides is 2. The Labute approximate surface area is 425 Å². The number of amides is 2. The van der Waals surface area contributed by atoms with Crippen LogP contribution in [0.25, 0.3) is 0 Å². The minimum atomic E-state index is -3.14. The van der Waals surface area contributed by atoms with Gasteiger partial charge in [0.25, 0.3) is 5.92 Å². The van der Waals surface area contributed by atoms with Crippen molar-refractivity contribution < 1.29 is 32.7 Å². The largest absolute Gasteiger partial charge is 0.377 e. The van der Waals surface area contributed by atoms with Gasteiger partial charge in [0.15, 0.2) is 0 Å². The lowest BCUT2D eigenvalue weighted by Gasteiger charge is -2.40. The van der Waals surface area contributed by atoms with Gasteiger partial charge in [-0.1, -0.05) is 19.1 Å². The highest BCUT2D eigenvalue weighted by atomic mass is 19.3. The van der Waals surface area contributed by atoms with Crippen LogP contribution in [0.4, 0.5) is 20.2 Å². The fourth-order valence-corrected chi connectivity index (χ4v) is 10.9. The molecule has 0 spiro atoms. The summed E-state index contributed by atoms with van der Waals surface area (Å²) in [6.07, 6.45) is 8.25. The summed E-state index contributed by atoms with van der Waals surface area (Å²) in [6, 6.07) is 17.0. The van der Waals surface area contributed by atoms with Crippen molar-refractivity contribution in [1.29, 1.82) is 0 Å². The first-order valence-electron chi connectivity index (χ1n) is 25.8. The third-order valence-electron chi connectivity index (χ3n) is 15.2. The van der Waals surface area contributed by atoms with Crippen LogP contribution in [0, 0.1) is 5.92 Å². The summed E-state index contributed by atoms with van der Waals surface area (Å²) in [4.78, 5) is 64.2. The SMILES string of the molecule is C=N/N=C\N(C)C[C@H](C)c1cccc(N(C)Cc2c(C=O)cc(CN3CCC(OCCN4CCC(CN5CCN(c6ccc(C=O)c(CN(C)C7CCC(=O)NC7=O)c6)CC5)CC4)CC3)cc2C(C)(F)F)c1. The van der Waals surface area contributed by atoms with Gasteiger partial charge in [-0.25, -0.2) is 8.78 Å². The average molecular weight is 995 g/mol. The number of piperazine rings is 1. The van der Waals surface area contributed by atoms with Gasteiger partial charge < -0.3 is 24.3 Å². The van der Waals surface area contributed by atoms with E-state index in [-0.39, 0.29) is 35.9 Å². The van der Waals surface area contributed by atoms with Gasteiger partial charge in [-0.2, -0.15) is 5.10 Å². The Morgan fingerprint density at radius 2 is 1.58 bits per heavy atom. The maximum atomic E-state index is 15.4. The van der Waals surface area contributed by atoms with Gasteiger partial charge in [0, 0.05) is 141 Å². The van der Waals surface area contributed by atoms with Gasteiger partial charge in [-0.05, 0) is 129 Å². The Bertz CT molecular complexity index is 2360. The van der Waals surface area contributed by atoms with E-state index in [0.29, 0.717) is 73.5 Å². The molecule has 17 heteroatoms. The number of nitrogens with zero attached hydrogens (tertiary/aromatic N) is 9. The molecule has 0 aromatic heterocycles. The van der Waals surface area contributed by atoms with Crippen molar-refractivity contribution in [2.24, 2.45) is 16.1 Å². The molecule has 0 radical (unpaired) electrons. The smallest absolute Gasteiger partial charge is 0.270 e. The van der Waals surface area contributed by atoms with E-state index in [4.69, 9.17) is 4.74 Å². The Morgan fingerprint density at radius 1 is 0.861 bits per heavy atom. The molecular weight excluding hydrogens is 919 g/mol. The Balaban J connectivity index is 0.811. The van der Waals surface area contributed by atoms with E-state index in [1.165, 1.54) is 12.8 Å². The normalized spacial score (nSPS) is 19.7. The molecule has 7 rings (SSSR count). The first-order valence-corrected chi connectivity index (χ1v) is 25.8. The molecule has 3 aromatic rings. The van der Waals surface area contributed by atoms with Crippen LogP contribution in [0.5, 0.6) is 0 Å². The number of rotatable bonds is 23. The summed E-state index contributed by atoms with van der Waals surface area (Å²) in [6.45, 7) is 18.4. The number of ether oxygens (including phenoxy) is 1. The highest BCUT2D eigenvalue weighted by Crippen LogP contribution is 2.35. The minimum absolute atomic E-state index is 0.110. The van der Waals surface area contributed by atoms with Gasteiger partial charge in [0.1, 0.15) is 18.9 Å². The van der Waals surface area contributed by atoms with Crippen molar-refractivity contribution in [3.8, 4) is 0 Å². The van der Waals surface area contributed by atoms with Crippen molar-refractivity contribution in [2.45, 2.75) is 96.0 Å². The van der Waals surface area contributed by atoms with Crippen LogP contribution in [-0.2, 0) is 39.9 Å². The molecule has 0 saturated carbocycles. The second-order valence-electron chi connectivity index (χ2n) is 20.7. The van der Waals surface area contributed by atoms with Gasteiger partial charge in [0.2, 0.25) is 11.8 Å². The maximum Gasteiger partial charge on any atom is 0.270 e. The van der Waals surface area contributed by atoms with E-state index in [2.05, 4.69) is 67.0 Å². The number of imide groups is 1. The number of carbonyl (C=O) groups is 4. The summed E-state index contributed by atoms with van der Waals surface area (Å²) in [5, 5.41) is 9.81. The lowest BCUT2D eigenvalue weighted by molar-refractivity contribution is -0.137. The summed E-state index contributed by atoms with van der Waals surface area (Å²) < 4.78 is 37.2. The molecule has 4 saturated heterocycles. The second-order valence-corrected chi connectivity index (χ2v) is 20.7. The molecule has 4 heterocycles. The number of likely N-dealkylation sites (N-methyl/N-ethyl adjacent to an activating group) is 2. The number of carbonyl (C=O) groups excluding carboxylic acids is 4. The second kappa shape index (κ2) is 25.5. The molecule has 0 bridgehead atoms. The number of halogens is 2. The number of benzene rings is 3. The van der Waals surface area contributed by atoms with Crippen LogP contribution in [0.1, 0.15) is 107 Å². The number of hydrogen-bond acceptors (Lipinski definition) is 13. The molecule has 1 unspecified atom stereocenters. The van der Waals surface area contributed by atoms with Crippen molar-refractivity contribution >= 4 is 48.8 Å². The molecule has 15 nitrogen and oxygen atoms in total. The van der Waals surface area contributed by atoms with E-state index in [1.54, 1.807) is 18.5 Å². The molecular formula is C55H76F2N10O5. The fraction of sp³-hybridized carbons (Fsp3) is 0.564. The van der Waals surface area contributed by atoms with Crippen LogP contribution in [0.3, 0.4) is 0 Å². The lowest BCUT2D eigenvalue weighted by Crippen LogP contribution is -2.51. The number of anilines is 2. The molecule has 2 atom stereocenters. The predicted octanol–water partition coefficient (Wildman–Crippen LogP) is 6.49. The molecule has 72 heavy (non-hydrogen) atoms. The molecule has 4 aliphatic rings. The summed E-state index contributed by atoms with van der Waals surface area (Å²) in [5.41, 5.74) is 5.79. The zero-order valence-corrected chi connectivity index (χ0v) is 43.1. The monoisotopic (exact) mass is 995 g/mol. The maximum absolute atomic E-state index is 15.4. The standard InChI is InChI=1S/C55H76F2N10O5/c1-40(32-61(4)39-59-58-3)43-8-7-9-47(30-43)62(5)36-50-46(38-69)28-42(29-51(50)55(2,56)57)34-65-20-16-49(17-21-65)72-27-26-64-18-14-41(15-19-64)33-66-22-24-67(25-23-66)48-11-10-44(37-68)45(31-48)35-63(6)52-12-13-53(70)60-54(52)71/h7-11,28-31,37-41,49,52H,3,12-27,32-36H2,1-2,4-6H3,(H,60,70,71)/b59-39-/t40-,52?/m0/s1. The molecule has 1 N–H and O–H groups in total. The zero-order valence-electron chi connectivity index (χ0n) is 43.1. The van der Waals surface area contributed by atoms with Gasteiger partial charge in [-0.3, -0.25) is 39.2 Å². The van der Waals surface area contributed by atoms with Crippen LogP contribution >= 0.6 is 0 Å². The average Bonchev–Trinajstić information content (AvgIpc) is 3.37. The third kappa shape index (κ3) is 14.8. The Hall–Kier alpha value is -5.46. The van der Waals surface area contributed by atoms with Crippen molar-refractivity contribution in [2.75, 3.05) is 110 Å². The molecule has 4 fully saturated rings. The molecule has 3 aromatic carbocycles.